The maximum atomic E-state index is 13.8. The molecule has 0 bridgehead atoms. The average molecular weight is 235 g/mol. The highest BCUT2D eigenvalue weighted by Crippen LogP contribution is 2.38. The van der Waals surface area contributed by atoms with Crippen molar-refractivity contribution in [2.24, 2.45) is 11.8 Å². The van der Waals surface area contributed by atoms with Gasteiger partial charge in [-0.3, -0.25) is 4.79 Å². The summed E-state index contributed by atoms with van der Waals surface area (Å²) in [7, 11) is 1.90. The zero-order valence-corrected chi connectivity index (χ0v) is 10.5. The van der Waals surface area contributed by atoms with Crippen LogP contribution in [-0.4, -0.2) is 19.4 Å². The molecule has 2 nitrogen and oxygen atoms in total. The Morgan fingerprint density at radius 3 is 2.65 bits per heavy atom. The molecule has 1 saturated carbocycles. The van der Waals surface area contributed by atoms with Crippen LogP contribution in [0.1, 0.15) is 30.6 Å². The first kappa shape index (κ1) is 12.1. The van der Waals surface area contributed by atoms with Crippen LogP contribution in [0, 0.1) is 17.7 Å². The third-order valence-electron chi connectivity index (χ3n) is 3.55. The Bertz CT molecular complexity index is 444. The van der Waals surface area contributed by atoms with Crippen LogP contribution in [0.2, 0.25) is 0 Å². The fourth-order valence-corrected chi connectivity index (χ4v) is 2.14. The minimum Gasteiger partial charge on any atom is -0.372 e. The summed E-state index contributed by atoms with van der Waals surface area (Å²) < 4.78 is 13.8. The van der Waals surface area contributed by atoms with Gasteiger partial charge < -0.3 is 4.90 Å². The van der Waals surface area contributed by atoms with Crippen LogP contribution in [0.25, 0.3) is 0 Å². The Hall–Kier alpha value is -1.38. The Kier molecular flexibility index (Phi) is 3.18. The van der Waals surface area contributed by atoms with Crippen molar-refractivity contribution in [3.05, 3.63) is 29.6 Å². The van der Waals surface area contributed by atoms with Crippen LogP contribution in [0.4, 0.5) is 10.1 Å². The molecule has 2 rings (SSSR count). The number of Topliss-reactive ketones (excluding diaryl/α,β-unsaturated/α-hetero) is 1. The second-order valence-corrected chi connectivity index (χ2v) is 5.08. The Morgan fingerprint density at radius 1 is 1.53 bits per heavy atom. The summed E-state index contributed by atoms with van der Waals surface area (Å²) in [5.41, 5.74) is 1.01. The topological polar surface area (TPSA) is 20.3 Å². The zero-order valence-electron chi connectivity index (χ0n) is 10.5. The van der Waals surface area contributed by atoms with Crippen LogP contribution in [0.15, 0.2) is 18.2 Å². The fourth-order valence-electron chi connectivity index (χ4n) is 2.14. The van der Waals surface area contributed by atoms with Gasteiger partial charge in [-0.05, 0) is 43.4 Å². The van der Waals surface area contributed by atoms with E-state index in [-0.39, 0.29) is 11.6 Å². The summed E-state index contributed by atoms with van der Waals surface area (Å²) in [5.74, 6) is 1.03. The average Bonchev–Trinajstić information content (AvgIpc) is 2.93. The monoisotopic (exact) mass is 235 g/mol. The van der Waals surface area contributed by atoms with Gasteiger partial charge in [0.25, 0.3) is 0 Å². The molecule has 0 aliphatic heterocycles. The summed E-state index contributed by atoms with van der Waals surface area (Å²) in [6.45, 7) is 4.55. The molecule has 1 aliphatic carbocycles. The first-order valence-electron chi connectivity index (χ1n) is 6.00. The van der Waals surface area contributed by atoms with E-state index < -0.39 is 0 Å². The third-order valence-corrected chi connectivity index (χ3v) is 3.55. The molecule has 0 saturated heterocycles. The van der Waals surface area contributed by atoms with Gasteiger partial charge in [-0.25, -0.2) is 4.39 Å². The van der Waals surface area contributed by atoms with Crippen LogP contribution >= 0.6 is 0 Å². The predicted molar refractivity (Wildman–Crippen MR) is 66.9 cm³/mol. The minimum atomic E-state index is -0.312. The number of halogens is 1. The second-order valence-electron chi connectivity index (χ2n) is 5.08. The molecular formula is C14H18FNO. The van der Waals surface area contributed by atoms with E-state index in [1.165, 1.54) is 19.4 Å². The number of anilines is 1. The highest BCUT2D eigenvalue weighted by Gasteiger charge is 2.33. The van der Waals surface area contributed by atoms with Gasteiger partial charge in [0, 0.05) is 19.2 Å². The quantitative estimate of drug-likeness (QED) is 0.747. The van der Waals surface area contributed by atoms with Gasteiger partial charge in [0.15, 0.2) is 5.78 Å². The van der Waals surface area contributed by atoms with E-state index in [1.54, 1.807) is 12.1 Å². The molecule has 1 fully saturated rings. The molecule has 1 aromatic carbocycles. The Balaban J connectivity index is 2.12. The largest absolute Gasteiger partial charge is 0.372 e. The standard InChI is InChI=1S/C14H18FNO/c1-9-6-12(9)8-16(3)14-5-4-11(10(2)17)7-13(14)15/h4-5,7,9,12H,6,8H2,1-3H3. The smallest absolute Gasteiger partial charge is 0.159 e. The Labute approximate surface area is 101 Å². The highest BCUT2D eigenvalue weighted by atomic mass is 19.1. The molecule has 1 aliphatic rings. The highest BCUT2D eigenvalue weighted by molar-refractivity contribution is 5.94. The normalized spacial score (nSPS) is 22.4. The number of hydrogen-bond donors (Lipinski definition) is 0. The Morgan fingerprint density at radius 2 is 2.18 bits per heavy atom. The van der Waals surface area contributed by atoms with Gasteiger partial charge in [0.2, 0.25) is 0 Å². The number of hydrogen-bond acceptors (Lipinski definition) is 2. The van der Waals surface area contributed by atoms with E-state index in [1.807, 2.05) is 11.9 Å². The second kappa shape index (κ2) is 4.47. The fraction of sp³-hybridized carbons (Fsp3) is 0.500. The van der Waals surface area contributed by atoms with Crippen molar-refractivity contribution in [3.63, 3.8) is 0 Å². The van der Waals surface area contributed by atoms with Crippen molar-refractivity contribution in [2.75, 3.05) is 18.5 Å². The molecule has 17 heavy (non-hydrogen) atoms. The van der Waals surface area contributed by atoms with Crippen LogP contribution in [0.5, 0.6) is 0 Å². The number of benzene rings is 1. The molecule has 0 aromatic heterocycles. The number of rotatable bonds is 4. The van der Waals surface area contributed by atoms with Crippen molar-refractivity contribution in [1.82, 2.24) is 0 Å². The molecule has 0 amide bonds. The van der Waals surface area contributed by atoms with Crippen molar-refractivity contribution < 1.29 is 9.18 Å². The van der Waals surface area contributed by atoms with Gasteiger partial charge in [-0.1, -0.05) is 6.92 Å². The summed E-state index contributed by atoms with van der Waals surface area (Å²) in [4.78, 5) is 13.1. The van der Waals surface area contributed by atoms with E-state index in [9.17, 15) is 9.18 Å². The van der Waals surface area contributed by atoms with Gasteiger partial charge in [0.05, 0.1) is 5.69 Å². The predicted octanol–water partition coefficient (Wildman–Crippen LogP) is 3.12. The molecule has 2 unspecified atom stereocenters. The molecular weight excluding hydrogens is 217 g/mol. The molecule has 0 radical (unpaired) electrons. The zero-order chi connectivity index (χ0) is 12.6. The maximum Gasteiger partial charge on any atom is 0.159 e. The maximum absolute atomic E-state index is 13.8. The molecule has 3 heteroatoms. The summed E-state index contributed by atoms with van der Waals surface area (Å²) in [6.07, 6.45) is 1.23. The molecule has 92 valence electrons. The van der Waals surface area contributed by atoms with Gasteiger partial charge in [0.1, 0.15) is 5.82 Å². The number of ketones is 1. The van der Waals surface area contributed by atoms with Gasteiger partial charge in [-0.2, -0.15) is 0 Å². The lowest BCUT2D eigenvalue weighted by atomic mass is 10.1. The van der Waals surface area contributed by atoms with Gasteiger partial charge in [-0.15, -0.1) is 0 Å². The SMILES string of the molecule is CC(=O)c1ccc(N(C)CC2CC2C)c(F)c1. The number of carbonyl (C=O) groups excluding carboxylic acids is 1. The van der Waals surface area contributed by atoms with Crippen LogP contribution < -0.4 is 4.90 Å². The van der Waals surface area contributed by atoms with E-state index >= 15 is 0 Å². The molecule has 2 atom stereocenters. The lowest BCUT2D eigenvalue weighted by Crippen LogP contribution is -2.21. The van der Waals surface area contributed by atoms with E-state index in [4.69, 9.17) is 0 Å². The lowest BCUT2D eigenvalue weighted by molar-refractivity contribution is 0.101. The summed E-state index contributed by atoms with van der Waals surface area (Å²) in [5, 5.41) is 0. The molecule has 0 spiro atoms. The molecule has 0 N–H and O–H groups in total. The van der Waals surface area contributed by atoms with Crippen molar-refractivity contribution in [1.29, 1.82) is 0 Å². The van der Waals surface area contributed by atoms with E-state index in [0.29, 0.717) is 17.2 Å². The van der Waals surface area contributed by atoms with Gasteiger partial charge >= 0.3 is 0 Å². The van der Waals surface area contributed by atoms with Crippen molar-refractivity contribution >= 4 is 11.5 Å². The first-order chi connectivity index (χ1) is 7.99. The number of nitrogens with zero attached hydrogens (tertiary/aromatic N) is 1. The van der Waals surface area contributed by atoms with Crippen molar-refractivity contribution in [2.45, 2.75) is 20.3 Å². The van der Waals surface area contributed by atoms with E-state index in [0.717, 1.165) is 12.5 Å². The minimum absolute atomic E-state index is 0.103. The summed E-state index contributed by atoms with van der Waals surface area (Å²) >= 11 is 0. The number of carbonyl (C=O) groups is 1. The first-order valence-corrected chi connectivity index (χ1v) is 6.00. The van der Waals surface area contributed by atoms with Crippen LogP contribution in [-0.2, 0) is 0 Å². The molecule has 0 heterocycles. The van der Waals surface area contributed by atoms with Crippen LogP contribution in [0.3, 0.4) is 0 Å². The lowest BCUT2D eigenvalue weighted by Gasteiger charge is -2.20. The molecule has 1 aromatic rings. The summed E-state index contributed by atoms with van der Waals surface area (Å²) in [6, 6.07) is 4.71. The van der Waals surface area contributed by atoms with Crippen molar-refractivity contribution in [3.8, 4) is 0 Å². The third kappa shape index (κ3) is 2.65. The van der Waals surface area contributed by atoms with E-state index in [2.05, 4.69) is 6.92 Å².